The lowest BCUT2D eigenvalue weighted by Crippen LogP contribution is -2.13. The van der Waals surface area contributed by atoms with Gasteiger partial charge in [0, 0.05) is 6.42 Å². The van der Waals surface area contributed by atoms with Gasteiger partial charge >= 0.3 is 0 Å². The van der Waals surface area contributed by atoms with Gasteiger partial charge in [-0.25, -0.2) is 0 Å². The van der Waals surface area contributed by atoms with Crippen molar-refractivity contribution in [1.82, 2.24) is 0 Å². The zero-order valence-corrected chi connectivity index (χ0v) is 7.25. The highest BCUT2D eigenvalue weighted by Crippen LogP contribution is 2.35. The fourth-order valence-corrected chi connectivity index (χ4v) is 2.06. The van der Waals surface area contributed by atoms with Gasteiger partial charge < -0.3 is 0 Å². The van der Waals surface area contributed by atoms with Gasteiger partial charge in [0.05, 0.1) is 0 Å². The molecular weight excluding hydrogens is 136 g/mol. The molecule has 1 saturated heterocycles. The molecule has 2 fully saturated rings. The van der Waals surface area contributed by atoms with E-state index in [9.17, 15) is 0 Å². The standard InChI is InChI=1S/C10H17O/c1-8-2-4-9(5-3-8)6-10-7-11-10/h7-10H,2-6H2,1H3/q+1. The van der Waals surface area contributed by atoms with E-state index >= 15 is 0 Å². The molecule has 0 aromatic carbocycles. The number of rotatable bonds is 2. The van der Waals surface area contributed by atoms with Crippen molar-refractivity contribution in [3.63, 3.8) is 0 Å². The van der Waals surface area contributed by atoms with Gasteiger partial charge in [0.2, 0.25) is 0 Å². The van der Waals surface area contributed by atoms with Crippen molar-refractivity contribution in [3.8, 4) is 0 Å². The van der Waals surface area contributed by atoms with Gasteiger partial charge in [-0.05, 0) is 24.7 Å². The molecular formula is C10H17O+. The van der Waals surface area contributed by atoms with E-state index in [-0.39, 0.29) is 0 Å². The summed E-state index contributed by atoms with van der Waals surface area (Å²) in [6, 6.07) is 0. The summed E-state index contributed by atoms with van der Waals surface area (Å²) in [7, 11) is 0. The minimum atomic E-state index is 0.536. The molecule has 0 radical (unpaired) electrons. The van der Waals surface area contributed by atoms with Crippen LogP contribution >= 0.6 is 0 Å². The van der Waals surface area contributed by atoms with Crippen LogP contribution in [0.2, 0.25) is 0 Å². The highest BCUT2D eigenvalue weighted by molar-refractivity contribution is 4.86. The third-order valence-electron chi connectivity index (χ3n) is 3.03. The smallest absolute Gasteiger partial charge is 0.139 e. The molecule has 1 aliphatic heterocycles. The van der Waals surface area contributed by atoms with E-state index in [1.165, 1.54) is 32.1 Å². The number of hydrogen-bond acceptors (Lipinski definition) is 1. The summed E-state index contributed by atoms with van der Waals surface area (Å²) >= 11 is 0. The van der Waals surface area contributed by atoms with Crippen molar-refractivity contribution in [2.75, 3.05) is 0 Å². The summed E-state index contributed by atoms with van der Waals surface area (Å²) in [5.74, 6) is 1.95. The maximum Gasteiger partial charge on any atom is 0.275 e. The van der Waals surface area contributed by atoms with Crippen molar-refractivity contribution >= 4 is 0 Å². The molecule has 1 nitrogen and oxygen atoms in total. The third kappa shape index (κ3) is 2.13. The lowest BCUT2D eigenvalue weighted by molar-refractivity contribution is 0.254. The van der Waals surface area contributed by atoms with Gasteiger partial charge in [-0.15, -0.1) is 4.74 Å². The van der Waals surface area contributed by atoms with E-state index < -0.39 is 0 Å². The summed E-state index contributed by atoms with van der Waals surface area (Å²) < 4.78 is 5.11. The molecule has 0 bridgehead atoms. The molecule has 0 aromatic heterocycles. The molecule has 62 valence electrons. The first kappa shape index (κ1) is 7.48. The first-order valence-corrected chi connectivity index (χ1v) is 4.83. The normalized spacial score (nSPS) is 43.2. The fourth-order valence-electron chi connectivity index (χ4n) is 2.06. The molecule has 0 N–H and O–H groups in total. The average Bonchev–Trinajstić information content (AvgIpc) is 2.78. The largest absolute Gasteiger partial charge is 0.275 e. The summed E-state index contributed by atoms with van der Waals surface area (Å²) in [5.41, 5.74) is 0. The monoisotopic (exact) mass is 153 g/mol. The van der Waals surface area contributed by atoms with Crippen molar-refractivity contribution in [2.45, 2.75) is 45.1 Å². The van der Waals surface area contributed by atoms with Crippen LogP contribution in [0.1, 0.15) is 39.0 Å². The molecule has 1 unspecified atom stereocenters. The number of hydrogen-bond donors (Lipinski definition) is 0. The molecule has 1 heterocycles. The van der Waals surface area contributed by atoms with Crippen LogP contribution in [-0.2, 0) is 4.74 Å². The van der Waals surface area contributed by atoms with E-state index in [2.05, 4.69) is 6.92 Å². The highest BCUT2D eigenvalue weighted by atomic mass is 16.6. The molecule has 1 saturated carbocycles. The quantitative estimate of drug-likeness (QED) is 0.439. The molecule has 0 aromatic rings. The van der Waals surface area contributed by atoms with Gasteiger partial charge in [0.25, 0.3) is 12.7 Å². The number of ether oxygens (including phenoxy) is 1. The molecule has 0 spiro atoms. The second kappa shape index (κ2) is 3.06. The predicted molar refractivity (Wildman–Crippen MR) is 44.9 cm³/mol. The maximum absolute atomic E-state index is 5.11. The number of epoxide rings is 1. The van der Waals surface area contributed by atoms with Crippen molar-refractivity contribution in [3.05, 3.63) is 6.61 Å². The van der Waals surface area contributed by atoms with Gasteiger partial charge in [0.1, 0.15) is 0 Å². The zero-order chi connectivity index (χ0) is 7.68. The molecule has 0 amide bonds. The molecule has 1 aliphatic carbocycles. The molecule has 2 rings (SSSR count). The Morgan fingerprint density at radius 2 is 1.91 bits per heavy atom. The summed E-state index contributed by atoms with van der Waals surface area (Å²) in [6.45, 7) is 4.34. The Balaban J connectivity index is 1.69. The van der Waals surface area contributed by atoms with Crippen LogP contribution in [0.5, 0.6) is 0 Å². The van der Waals surface area contributed by atoms with Crippen LogP contribution in [0.4, 0.5) is 0 Å². The van der Waals surface area contributed by atoms with Crippen LogP contribution < -0.4 is 0 Å². The van der Waals surface area contributed by atoms with Crippen LogP contribution in [0.25, 0.3) is 0 Å². The van der Waals surface area contributed by atoms with Gasteiger partial charge in [-0.2, -0.15) is 0 Å². The van der Waals surface area contributed by atoms with E-state index in [0.29, 0.717) is 6.10 Å². The Kier molecular flexibility index (Phi) is 2.08. The Bertz CT molecular complexity index is 121. The van der Waals surface area contributed by atoms with Gasteiger partial charge in [-0.3, -0.25) is 0 Å². The topological polar surface area (TPSA) is 12.5 Å². The molecule has 1 heteroatoms. The lowest BCUT2D eigenvalue weighted by Gasteiger charge is -2.24. The van der Waals surface area contributed by atoms with Crippen molar-refractivity contribution < 1.29 is 4.74 Å². The Morgan fingerprint density at radius 1 is 1.27 bits per heavy atom. The average molecular weight is 153 g/mol. The molecule has 11 heavy (non-hydrogen) atoms. The van der Waals surface area contributed by atoms with Crippen molar-refractivity contribution in [2.24, 2.45) is 11.8 Å². The summed E-state index contributed by atoms with van der Waals surface area (Å²) in [6.07, 6.45) is 7.60. The van der Waals surface area contributed by atoms with Crippen molar-refractivity contribution in [1.29, 1.82) is 0 Å². The minimum absolute atomic E-state index is 0.536. The van der Waals surface area contributed by atoms with E-state index in [1.54, 1.807) is 0 Å². The highest BCUT2D eigenvalue weighted by Gasteiger charge is 2.41. The second-order valence-electron chi connectivity index (χ2n) is 4.17. The lowest BCUT2D eigenvalue weighted by atomic mass is 9.81. The molecule has 2 aliphatic rings. The molecule has 1 atom stereocenters. The fraction of sp³-hybridized carbons (Fsp3) is 0.900. The van der Waals surface area contributed by atoms with E-state index in [4.69, 9.17) is 4.74 Å². The second-order valence-corrected chi connectivity index (χ2v) is 4.17. The van der Waals surface area contributed by atoms with E-state index in [0.717, 1.165) is 11.8 Å². The SMILES string of the molecule is CC1CCC(CC2[CH+]O2)CC1. The Morgan fingerprint density at radius 3 is 2.45 bits per heavy atom. The van der Waals surface area contributed by atoms with Crippen LogP contribution in [0.15, 0.2) is 0 Å². The Hall–Kier alpha value is -0.170. The minimum Gasteiger partial charge on any atom is -0.139 e. The first-order chi connectivity index (χ1) is 5.34. The van der Waals surface area contributed by atoms with Gasteiger partial charge in [0.15, 0.2) is 0 Å². The van der Waals surface area contributed by atoms with E-state index in [1.807, 2.05) is 6.61 Å². The predicted octanol–water partition coefficient (Wildman–Crippen LogP) is 2.76. The van der Waals surface area contributed by atoms with Crippen LogP contribution in [0, 0.1) is 18.4 Å². The summed E-state index contributed by atoms with van der Waals surface area (Å²) in [5, 5.41) is 0. The van der Waals surface area contributed by atoms with Crippen LogP contribution in [0.3, 0.4) is 0 Å². The third-order valence-corrected chi connectivity index (χ3v) is 3.03. The van der Waals surface area contributed by atoms with Gasteiger partial charge in [-0.1, -0.05) is 19.8 Å². The summed E-state index contributed by atoms with van der Waals surface area (Å²) in [4.78, 5) is 0. The van der Waals surface area contributed by atoms with Crippen LogP contribution in [-0.4, -0.2) is 6.10 Å². The maximum atomic E-state index is 5.11. The Labute approximate surface area is 69.1 Å². The zero-order valence-electron chi connectivity index (χ0n) is 7.25. The first-order valence-electron chi connectivity index (χ1n) is 4.83.